The lowest BCUT2D eigenvalue weighted by molar-refractivity contribution is 0.591. The molecule has 2 N–H and O–H groups in total. The predicted octanol–water partition coefficient (Wildman–Crippen LogP) is 3.83. The zero-order chi connectivity index (χ0) is 12.5. The molecule has 1 heteroatoms. The van der Waals surface area contributed by atoms with E-state index in [2.05, 4.69) is 51.1 Å². The highest BCUT2D eigenvalue weighted by molar-refractivity contribution is 5.75. The van der Waals surface area contributed by atoms with Crippen molar-refractivity contribution in [1.29, 1.82) is 0 Å². The highest BCUT2D eigenvalue weighted by Gasteiger charge is 2.15. The lowest BCUT2D eigenvalue weighted by Crippen LogP contribution is -2.10. The zero-order valence-electron chi connectivity index (χ0n) is 10.5. The summed E-state index contributed by atoms with van der Waals surface area (Å²) in [5, 5.41) is 0. The molecular formula is C16H17N. The maximum atomic E-state index is 5.98. The Bertz CT molecular complexity index is 507. The summed E-state index contributed by atoms with van der Waals surface area (Å²) in [6.45, 7) is 6.49. The van der Waals surface area contributed by atoms with Gasteiger partial charge in [0.15, 0.2) is 0 Å². The van der Waals surface area contributed by atoms with E-state index in [1.165, 1.54) is 0 Å². The zero-order valence-corrected chi connectivity index (χ0v) is 10.5. The minimum atomic E-state index is 0.0632. The van der Waals surface area contributed by atoms with Crippen LogP contribution in [-0.4, -0.2) is 0 Å². The minimum Gasteiger partial charge on any atom is -0.391 e. The van der Waals surface area contributed by atoms with Gasteiger partial charge in [0.05, 0.1) is 5.69 Å². The van der Waals surface area contributed by atoms with E-state index in [1.807, 2.05) is 18.2 Å². The number of anilines is 1. The Morgan fingerprint density at radius 1 is 1.00 bits per heavy atom. The molecule has 0 radical (unpaired) electrons. The third-order valence-electron chi connectivity index (χ3n) is 2.80. The Balaban J connectivity index is 2.55. The van der Waals surface area contributed by atoms with Crippen LogP contribution in [0.5, 0.6) is 0 Å². The van der Waals surface area contributed by atoms with Gasteiger partial charge in [-0.1, -0.05) is 57.2 Å². The second-order valence-electron chi connectivity index (χ2n) is 5.25. The first-order valence-corrected chi connectivity index (χ1v) is 5.78. The second kappa shape index (κ2) is 4.14. The van der Waals surface area contributed by atoms with Crippen molar-refractivity contribution in [1.82, 2.24) is 0 Å². The van der Waals surface area contributed by atoms with E-state index in [-0.39, 0.29) is 5.41 Å². The molecular weight excluding hydrogens is 206 g/mol. The summed E-state index contributed by atoms with van der Waals surface area (Å²) in [5.74, 6) is 0. The number of hydrogen-bond acceptors (Lipinski definition) is 1. The van der Waals surface area contributed by atoms with Crippen LogP contribution in [0.1, 0.15) is 26.3 Å². The van der Waals surface area contributed by atoms with Crippen molar-refractivity contribution in [2.45, 2.75) is 26.2 Å². The van der Waals surface area contributed by atoms with E-state index < -0.39 is 0 Å². The standard InChI is InChI=1S/C16H17N/c1-16(2,3)13-9-10-15(17)14(11-13)12-7-5-4-6-8-12/h4-8,11H,17H2,1-3H3. The number of rotatable bonds is 1. The van der Waals surface area contributed by atoms with Crippen molar-refractivity contribution in [3.8, 4) is 11.1 Å². The molecule has 0 aliphatic heterocycles. The van der Waals surface area contributed by atoms with Crippen LogP contribution in [0.2, 0.25) is 0 Å². The largest absolute Gasteiger partial charge is 0.391 e. The second-order valence-corrected chi connectivity index (χ2v) is 5.25. The lowest BCUT2D eigenvalue weighted by atomic mass is 9.86. The van der Waals surface area contributed by atoms with Crippen molar-refractivity contribution < 1.29 is 0 Å². The average Bonchev–Trinajstić information content (AvgIpc) is 2.29. The topological polar surface area (TPSA) is 26.0 Å². The van der Waals surface area contributed by atoms with Crippen LogP contribution in [-0.2, 0) is 5.41 Å². The van der Waals surface area contributed by atoms with Gasteiger partial charge < -0.3 is 5.73 Å². The van der Waals surface area contributed by atoms with Gasteiger partial charge in [0, 0.05) is 11.1 Å². The predicted molar refractivity (Wildman–Crippen MR) is 72.7 cm³/mol. The number of benzene rings is 1. The number of nitrogen functional groups attached to an aromatic ring is 1. The third kappa shape index (κ3) is 2.42. The summed E-state index contributed by atoms with van der Waals surface area (Å²) in [6, 6.07) is 18.4. The Kier molecular flexibility index (Phi) is 2.81. The first kappa shape index (κ1) is 11.5. The van der Waals surface area contributed by atoms with Gasteiger partial charge in [0.2, 0.25) is 0 Å². The molecule has 17 heavy (non-hydrogen) atoms. The van der Waals surface area contributed by atoms with Gasteiger partial charge in [-0.2, -0.15) is 0 Å². The van der Waals surface area contributed by atoms with Gasteiger partial charge in [-0.05, 0) is 23.1 Å². The van der Waals surface area contributed by atoms with Crippen LogP contribution in [0, 0.1) is 12.1 Å². The van der Waals surface area contributed by atoms with Gasteiger partial charge in [-0.3, -0.25) is 0 Å². The van der Waals surface area contributed by atoms with Crippen LogP contribution in [0.4, 0.5) is 5.69 Å². The van der Waals surface area contributed by atoms with E-state index in [0.29, 0.717) is 5.69 Å². The van der Waals surface area contributed by atoms with Crippen LogP contribution in [0.15, 0.2) is 36.4 Å². The Labute approximate surface area is 103 Å². The first-order chi connectivity index (χ1) is 7.98. The molecule has 0 aliphatic carbocycles. The van der Waals surface area contributed by atoms with E-state index in [1.54, 1.807) is 0 Å². The third-order valence-corrected chi connectivity index (χ3v) is 2.80. The van der Waals surface area contributed by atoms with Gasteiger partial charge in [0.25, 0.3) is 0 Å². The van der Waals surface area contributed by atoms with E-state index in [0.717, 1.165) is 16.7 Å². The smallest absolute Gasteiger partial charge is 0.0910 e. The molecule has 0 amide bonds. The molecule has 1 nitrogen and oxygen atoms in total. The Morgan fingerprint density at radius 2 is 1.65 bits per heavy atom. The van der Waals surface area contributed by atoms with E-state index in [9.17, 15) is 0 Å². The molecule has 2 rings (SSSR count). The Hall–Kier alpha value is -1.94. The summed E-state index contributed by atoms with van der Waals surface area (Å²) in [6.07, 6.45) is 0. The van der Waals surface area contributed by atoms with E-state index in [4.69, 9.17) is 5.73 Å². The molecule has 2 aromatic carbocycles. The molecule has 0 bridgehead atoms. The molecule has 0 atom stereocenters. The van der Waals surface area contributed by atoms with Crippen molar-refractivity contribution in [2.24, 2.45) is 0 Å². The van der Waals surface area contributed by atoms with Crippen LogP contribution < -0.4 is 5.73 Å². The fourth-order valence-electron chi connectivity index (χ4n) is 1.72. The average molecular weight is 223 g/mol. The molecule has 0 aromatic heterocycles. The monoisotopic (exact) mass is 223 g/mol. The summed E-state index contributed by atoms with van der Waals surface area (Å²) >= 11 is 0. The number of nitrogens with two attached hydrogens (primary N) is 1. The quantitative estimate of drug-likeness (QED) is 0.781. The van der Waals surface area contributed by atoms with Crippen LogP contribution in [0.3, 0.4) is 0 Å². The fourth-order valence-corrected chi connectivity index (χ4v) is 1.72. The van der Waals surface area contributed by atoms with Crippen LogP contribution in [0.25, 0.3) is 11.1 Å². The molecule has 0 fully saturated rings. The summed E-state index contributed by atoms with van der Waals surface area (Å²) in [7, 11) is 0. The van der Waals surface area contributed by atoms with Gasteiger partial charge in [-0.25, -0.2) is 0 Å². The van der Waals surface area contributed by atoms with Crippen molar-refractivity contribution in [3.63, 3.8) is 0 Å². The normalized spacial score (nSPS) is 11.0. The maximum Gasteiger partial charge on any atom is 0.0910 e. The molecule has 2 aromatic rings. The van der Waals surface area contributed by atoms with Crippen molar-refractivity contribution in [2.75, 3.05) is 5.73 Å². The highest BCUT2D eigenvalue weighted by Crippen LogP contribution is 2.29. The molecule has 86 valence electrons. The molecule has 0 heterocycles. The highest BCUT2D eigenvalue weighted by atomic mass is 14.6. The number of hydrogen-bond donors (Lipinski definition) is 1. The lowest BCUT2D eigenvalue weighted by Gasteiger charge is -2.17. The van der Waals surface area contributed by atoms with Crippen LogP contribution >= 0.6 is 0 Å². The van der Waals surface area contributed by atoms with Gasteiger partial charge >= 0.3 is 0 Å². The van der Waals surface area contributed by atoms with Crippen molar-refractivity contribution in [3.05, 3.63) is 54.1 Å². The fraction of sp³-hybridized carbons (Fsp3) is 0.250. The molecule has 0 aliphatic rings. The van der Waals surface area contributed by atoms with E-state index >= 15 is 0 Å². The first-order valence-electron chi connectivity index (χ1n) is 5.78. The molecule has 0 saturated carbocycles. The maximum absolute atomic E-state index is 5.98. The molecule has 0 spiro atoms. The summed E-state index contributed by atoms with van der Waals surface area (Å²) < 4.78 is 0. The van der Waals surface area contributed by atoms with Crippen molar-refractivity contribution >= 4 is 5.69 Å². The van der Waals surface area contributed by atoms with Gasteiger partial charge in [-0.15, -0.1) is 0 Å². The molecule has 0 saturated heterocycles. The summed E-state index contributed by atoms with van der Waals surface area (Å²) in [5.41, 5.74) is 9.99. The van der Waals surface area contributed by atoms with Gasteiger partial charge in [0.1, 0.15) is 0 Å². The minimum absolute atomic E-state index is 0.0632. The summed E-state index contributed by atoms with van der Waals surface area (Å²) in [4.78, 5) is 0. The Morgan fingerprint density at radius 3 is 2.24 bits per heavy atom. The SMILES string of the molecule is CC(C)(C)c1c#cc(N)c(-c2ccccc2)c1. The molecule has 0 unspecified atom stereocenters.